The minimum absolute atomic E-state index is 0.850. The molecule has 0 aromatic carbocycles. The highest BCUT2D eigenvalue weighted by atomic mass is 15.3. The maximum Gasteiger partial charge on any atom is 0.225 e. The molecule has 1 aliphatic rings. The van der Waals surface area contributed by atoms with Gasteiger partial charge in [0.2, 0.25) is 5.95 Å². The molecule has 1 aromatic rings. The molecule has 0 unspecified atom stereocenters. The summed E-state index contributed by atoms with van der Waals surface area (Å²) < 4.78 is 0. The third-order valence-electron chi connectivity index (χ3n) is 3.17. The molecular formula is C13H22N4. The van der Waals surface area contributed by atoms with Gasteiger partial charge in [-0.15, -0.1) is 0 Å². The molecule has 2 rings (SSSR count). The fourth-order valence-electron chi connectivity index (χ4n) is 2.10. The van der Waals surface area contributed by atoms with E-state index in [0.717, 1.165) is 44.2 Å². The zero-order valence-electron chi connectivity index (χ0n) is 10.9. The van der Waals surface area contributed by atoms with Crippen LogP contribution in [0.25, 0.3) is 0 Å². The number of nitrogens with one attached hydrogen (secondary N) is 1. The Labute approximate surface area is 103 Å². The highest BCUT2D eigenvalue weighted by molar-refractivity contribution is 5.33. The van der Waals surface area contributed by atoms with Gasteiger partial charge in [0.1, 0.15) is 0 Å². The Kier molecular flexibility index (Phi) is 4.31. The van der Waals surface area contributed by atoms with E-state index >= 15 is 0 Å². The molecule has 94 valence electrons. The Hall–Kier alpha value is -1.16. The molecule has 17 heavy (non-hydrogen) atoms. The molecule has 2 heterocycles. The molecule has 0 aliphatic carbocycles. The Morgan fingerprint density at radius 3 is 2.82 bits per heavy atom. The Balaban J connectivity index is 2.05. The van der Waals surface area contributed by atoms with E-state index in [4.69, 9.17) is 0 Å². The van der Waals surface area contributed by atoms with Crippen LogP contribution in [0.15, 0.2) is 6.20 Å². The van der Waals surface area contributed by atoms with Crippen LogP contribution in [-0.2, 0) is 6.54 Å². The number of anilines is 1. The fraction of sp³-hybridized carbons (Fsp3) is 0.692. The van der Waals surface area contributed by atoms with Crippen molar-refractivity contribution in [3.63, 3.8) is 0 Å². The van der Waals surface area contributed by atoms with E-state index < -0.39 is 0 Å². The average Bonchev–Trinajstić information content (AvgIpc) is 2.85. The summed E-state index contributed by atoms with van der Waals surface area (Å²) in [7, 11) is 0. The molecule has 4 nitrogen and oxygen atoms in total. The second kappa shape index (κ2) is 5.96. The van der Waals surface area contributed by atoms with Gasteiger partial charge in [-0.05, 0) is 38.3 Å². The lowest BCUT2D eigenvalue weighted by molar-refractivity contribution is 0.658. The number of nitrogens with zero attached hydrogens (tertiary/aromatic N) is 3. The van der Waals surface area contributed by atoms with Gasteiger partial charge in [-0.1, -0.05) is 6.92 Å². The van der Waals surface area contributed by atoms with Crippen molar-refractivity contribution in [2.24, 2.45) is 0 Å². The van der Waals surface area contributed by atoms with E-state index in [1.807, 2.05) is 6.20 Å². The predicted octanol–water partition coefficient (Wildman–Crippen LogP) is 1.88. The molecule has 1 N–H and O–H groups in total. The zero-order valence-corrected chi connectivity index (χ0v) is 10.9. The van der Waals surface area contributed by atoms with Gasteiger partial charge in [0, 0.05) is 25.8 Å². The number of rotatable bonds is 5. The topological polar surface area (TPSA) is 41.1 Å². The lowest BCUT2D eigenvalue weighted by Crippen LogP contribution is -2.22. The van der Waals surface area contributed by atoms with Crippen molar-refractivity contribution in [3.05, 3.63) is 17.5 Å². The minimum Gasteiger partial charge on any atom is -0.341 e. The summed E-state index contributed by atoms with van der Waals surface area (Å²) in [5.74, 6) is 0.904. The highest BCUT2D eigenvalue weighted by Gasteiger charge is 2.15. The molecule has 1 fully saturated rings. The molecule has 1 aliphatic heterocycles. The van der Waals surface area contributed by atoms with Crippen molar-refractivity contribution in [2.45, 2.75) is 39.7 Å². The van der Waals surface area contributed by atoms with Gasteiger partial charge in [0.25, 0.3) is 0 Å². The van der Waals surface area contributed by atoms with Crippen molar-refractivity contribution in [1.82, 2.24) is 15.3 Å². The summed E-state index contributed by atoms with van der Waals surface area (Å²) in [6, 6.07) is 0. The normalized spacial score (nSPS) is 15.5. The first-order valence-electron chi connectivity index (χ1n) is 6.59. The molecular weight excluding hydrogens is 212 g/mol. The van der Waals surface area contributed by atoms with Crippen LogP contribution in [-0.4, -0.2) is 29.6 Å². The summed E-state index contributed by atoms with van der Waals surface area (Å²) in [6.07, 6.45) is 5.63. The average molecular weight is 234 g/mol. The first kappa shape index (κ1) is 12.3. The zero-order chi connectivity index (χ0) is 12.1. The van der Waals surface area contributed by atoms with Gasteiger partial charge in [0.05, 0.1) is 5.69 Å². The highest BCUT2D eigenvalue weighted by Crippen LogP contribution is 2.16. The minimum atomic E-state index is 0.850. The molecule has 0 bridgehead atoms. The quantitative estimate of drug-likeness (QED) is 0.790. The number of aryl methyl sites for hydroxylation is 1. The SMILES string of the molecule is CCCNCc1nc(N2CCCC2)ncc1C. The number of aromatic nitrogens is 2. The summed E-state index contributed by atoms with van der Waals surface area (Å²) in [5, 5.41) is 3.40. The van der Waals surface area contributed by atoms with Crippen molar-refractivity contribution < 1.29 is 0 Å². The maximum atomic E-state index is 4.68. The lowest BCUT2D eigenvalue weighted by Gasteiger charge is -2.16. The Morgan fingerprint density at radius 1 is 1.35 bits per heavy atom. The van der Waals surface area contributed by atoms with Gasteiger partial charge in [-0.25, -0.2) is 9.97 Å². The molecule has 0 amide bonds. The summed E-state index contributed by atoms with van der Waals surface area (Å²) >= 11 is 0. The van der Waals surface area contributed by atoms with Crippen LogP contribution in [0.1, 0.15) is 37.4 Å². The fourth-order valence-corrected chi connectivity index (χ4v) is 2.10. The van der Waals surface area contributed by atoms with Gasteiger partial charge in [-0.3, -0.25) is 0 Å². The van der Waals surface area contributed by atoms with Crippen molar-refractivity contribution in [1.29, 1.82) is 0 Å². The monoisotopic (exact) mass is 234 g/mol. The second-order valence-electron chi connectivity index (χ2n) is 4.67. The van der Waals surface area contributed by atoms with Gasteiger partial charge in [0.15, 0.2) is 0 Å². The van der Waals surface area contributed by atoms with Gasteiger partial charge in [-0.2, -0.15) is 0 Å². The smallest absolute Gasteiger partial charge is 0.225 e. The molecule has 4 heteroatoms. The standard InChI is InChI=1S/C13H22N4/c1-3-6-14-10-12-11(2)9-15-13(16-12)17-7-4-5-8-17/h9,14H,3-8,10H2,1-2H3. The predicted molar refractivity (Wildman–Crippen MR) is 70.2 cm³/mol. The van der Waals surface area contributed by atoms with Crippen molar-refractivity contribution >= 4 is 5.95 Å². The molecule has 0 saturated carbocycles. The van der Waals surface area contributed by atoms with E-state index in [0.29, 0.717) is 0 Å². The van der Waals surface area contributed by atoms with Crippen LogP contribution in [0, 0.1) is 6.92 Å². The largest absolute Gasteiger partial charge is 0.341 e. The van der Waals surface area contributed by atoms with Crippen LogP contribution in [0.2, 0.25) is 0 Å². The van der Waals surface area contributed by atoms with E-state index in [2.05, 4.69) is 34.0 Å². The van der Waals surface area contributed by atoms with E-state index in [-0.39, 0.29) is 0 Å². The van der Waals surface area contributed by atoms with Crippen LogP contribution >= 0.6 is 0 Å². The molecule has 1 aromatic heterocycles. The second-order valence-corrected chi connectivity index (χ2v) is 4.67. The Morgan fingerprint density at radius 2 is 2.12 bits per heavy atom. The Bertz CT molecular complexity index is 358. The van der Waals surface area contributed by atoms with Crippen molar-refractivity contribution in [3.8, 4) is 0 Å². The van der Waals surface area contributed by atoms with Crippen LogP contribution < -0.4 is 10.2 Å². The van der Waals surface area contributed by atoms with Crippen molar-refractivity contribution in [2.75, 3.05) is 24.5 Å². The van der Waals surface area contributed by atoms with Crippen LogP contribution in [0.4, 0.5) is 5.95 Å². The first-order chi connectivity index (χ1) is 8.31. The summed E-state index contributed by atoms with van der Waals surface area (Å²) in [5.41, 5.74) is 2.31. The molecule has 0 spiro atoms. The molecule has 0 atom stereocenters. The maximum absolute atomic E-state index is 4.68. The van der Waals surface area contributed by atoms with Crippen LogP contribution in [0.5, 0.6) is 0 Å². The molecule has 1 saturated heterocycles. The number of hydrogen-bond acceptors (Lipinski definition) is 4. The van der Waals surface area contributed by atoms with E-state index in [1.165, 1.54) is 18.4 Å². The third kappa shape index (κ3) is 3.16. The summed E-state index contributed by atoms with van der Waals surface area (Å²) in [4.78, 5) is 11.4. The third-order valence-corrected chi connectivity index (χ3v) is 3.17. The van der Waals surface area contributed by atoms with E-state index in [1.54, 1.807) is 0 Å². The van der Waals surface area contributed by atoms with Crippen LogP contribution in [0.3, 0.4) is 0 Å². The van der Waals surface area contributed by atoms with Gasteiger partial charge < -0.3 is 10.2 Å². The molecule has 0 radical (unpaired) electrons. The summed E-state index contributed by atoms with van der Waals surface area (Å²) in [6.45, 7) is 8.35. The lowest BCUT2D eigenvalue weighted by atomic mass is 10.2. The van der Waals surface area contributed by atoms with Gasteiger partial charge >= 0.3 is 0 Å². The number of hydrogen-bond donors (Lipinski definition) is 1. The van der Waals surface area contributed by atoms with E-state index in [9.17, 15) is 0 Å². The first-order valence-corrected chi connectivity index (χ1v) is 6.59.